The molecule has 0 aromatic rings. The van der Waals surface area contributed by atoms with Gasteiger partial charge in [-0.15, -0.1) is 0 Å². The fourth-order valence-electron chi connectivity index (χ4n) is 3.47. The second-order valence-corrected chi connectivity index (χ2v) is 8.16. The highest BCUT2D eigenvalue weighted by atomic mass is 16.4. The van der Waals surface area contributed by atoms with Gasteiger partial charge < -0.3 is 37.2 Å². The lowest BCUT2D eigenvalue weighted by Gasteiger charge is -2.29. The van der Waals surface area contributed by atoms with Crippen molar-refractivity contribution in [3.63, 3.8) is 0 Å². The maximum atomic E-state index is 13.1. The molecular weight excluding hydrogens is 438 g/mol. The summed E-state index contributed by atoms with van der Waals surface area (Å²) in [6, 6.07) is -4.82. The van der Waals surface area contributed by atoms with E-state index < -0.39 is 66.2 Å². The molecule has 0 aliphatic carbocycles. The zero-order valence-corrected chi connectivity index (χ0v) is 18.8. The van der Waals surface area contributed by atoms with Gasteiger partial charge in [-0.05, 0) is 25.2 Å². The molecule has 13 nitrogen and oxygen atoms in total. The molecule has 0 aromatic heterocycles. The van der Waals surface area contributed by atoms with E-state index in [4.69, 9.17) is 11.5 Å². The number of rotatable bonds is 13. The van der Waals surface area contributed by atoms with Gasteiger partial charge in [-0.25, -0.2) is 4.79 Å². The molecule has 4 amide bonds. The minimum Gasteiger partial charge on any atom is -0.481 e. The first-order valence-electron chi connectivity index (χ1n) is 10.8. The Bertz CT molecular complexity index is 774. The molecule has 0 aromatic carbocycles. The number of nitrogens with one attached hydrogen (secondary N) is 2. The maximum Gasteiger partial charge on any atom is 0.326 e. The third kappa shape index (κ3) is 8.33. The number of carboxylic acids is 2. The highest BCUT2D eigenvalue weighted by Gasteiger charge is 2.40. The summed E-state index contributed by atoms with van der Waals surface area (Å²) in [5.41, 5.74) is 10.9. The third-order valence-corrected chi connectivity index (χ3v) is 5.69. The molecule has 186 valence electrons. The van der Waals surface area contributed by atoms with E-state index in [-0.39, 0.29) is 31.7 Å². The monoisotopic (exact) mass is 471 g/mol. The molecule has 0 spiro atoms. The van der Waals surface area contributed by atoms with E-state index in [9.17, 15) is 39.0 Å². The molecule has 1 saturated heterocycles. The Morgan fingerprint density at radius 3 is 2.24 bits per heavy atom. The molecule has 1 heterocycles. The molecule has 33 heavy (non-hydrogen) atoms. The van der Waals surface area contributed by atoms with Crippen LogP contribution in [-0.2, 0) is 28.8 Å². The van der Waals surface area contributed by atoms with E-state index in [2.05, 4.69) is 10.6 Å². The molecule has 0 saturated carbocycles. The van der Waals surface area contributed by atoms with Crippen LogP contribution in [0.5, 0.6) is 0 Å². The highest BCUT2D eigenvalue weighted by Crippen LogP contribution is 2.20. The molecule has 1 aliphatic rings. The number of carbonyl (C=O) groups is 6. The van der Waals surface area contributed by atoms with Crippen molar-refractivity contribution in [1.29, 1.82) is 0 Å². The van der Waals surface area contributed by atoms with E-state index in [0.29, 0.717) is 12.8 Å². The lowest BCUT2D eigenvalue weighted by atomic mass is 9.99. The maximum absolute atomic E-state index is 13.1. The van der Waals surface area contributed by atoms with Crippen molar-refractivity contribution in [3.8, 4) is 0 Å². The largest absolute Gasteiger partial charge is 0.481 e. The van der Waals surface area contributed by atoms with Crippen molar-refractivity contribution in [2.75, 3.05) is 6.54 Å². The Kier molecular flexibility index (Phi) is 10.7. The van der Waals surface area contributed by atoms with Crippen molar-refractivity contribution in [2.45, 2.75) is 76.5 Å². The summed E-state index contributed by atoms with van der Waals surface area (Å²) in [5, 5.41) is 23.2. The Morgan fingerprint density at radius 1 is 1.09 bits per heavy atom. The van der Waals surface area contributed by atoms with Crippen LogP contribution in [-0.4, -0.2) is 81.4 Å². The second kappa shape index (κ2) is 12.7. The molecule has 8 N–H and O–H groups in total. The van der Waals surface area contributed by atoms with Crippen LogP contribution >= 0.6 is 0 Å². The predicted octanol–water partition coefficient (Wildman–Crippen LogP) is -1.85. The van der Waals surface area contributed by atoms with E-state index >= 15 is 0 Å². The smallest absolute Gasteiger partial charge is 0.326 e. The van der Waals surface area contributed by atoms with Gasteiger partial charge in [0.2, 0.25) is 23.6 Å². The van der Waals surface area contributed by atoms with Crippen LogP contribution in [0.4, 0.5) is 0 Å². The highest BCUT2D eigenvalue weighted by molar-refractivity contribution is 5.96. The van der Waals surface area contributed by atoms with Crippen LogP contribution < -0.4 is 22.1 Å². The number of carboxylic acid groups (broad SMARTS) is 2. The molecule has 1 fully saturated rings. The van der Waals surface area contributed by atoms with Crippen molar-refractivity contribution < 1.29 is 39.0 Å². The van der Waals surface area contributed by atoms with Crippen molar-refractivity contribution in [2.24, 2.45) is 17.4 Å². The number of hydrogen-bond acceptors (Lipinski definition) is 7. The average Bonchev–Trinajstić information content (AvgIpc) is 3.23. The Labute approximate surface area is 191 Å². The molecular formula is C20H33N5O8. The first-order valence-corrected chi connectivity index (χ1v) is 10.8. The van der Waals surface area contributed by atoms with Crippen LogP contribution in [0.1, 0.15) is 52.4 Å². The Balaban J connectivity index is 2.97. The number of nitrogens with zero attached hydrogens (tertiary/aromatic N) is 1. The zero-order valence-electron chi connectivity index (χ0n) is 18.8. The minimum atomic E-state index is -1.44. The third-order valence-electron chi connectivity index (χ3n) is 5.69. The number of amides is 4. The lowest BCUT2D eigenvalue weighted by Crippen LogP contribution is -2.57. The molecule has 5 unspecified atom stereocenters. The summed E-state index contributed by atoms with van der Waals surface area (Å²) in [6.45, 7) is 3.70. The van der Waals surface area contributed by atoms with Gasteiger partial charge in [0.15, 0.2) is 0 Å². The van der Waals surface area contributed by atoms with Gasteiger partial charge in [-0.2, -0.15) is 0 Å². The van der Waals surface area contributed by atoms with Crippen LogP contribution in [0, 0.1) is 5.92 Å². The summed E-state index contributed by atoms with van der Waals surface area (Å²) >= 11 is 0. The van der Waals surface area contributed by atoms with Gasteiger partial charge in [0.25, 0.3) is 0 Å². The number of hydrogen-bond donors (Lipinski definition) is 6. The first kappa shape index (κ1) is 27.8. The molecule has 5 atom stereocenters. The second-order valence-electron chi connectivity index (χ2n) is 8.16. The fraction of sp³-hybridized carbons (Fsp3) is 0.700. The van der Waals surface area contributed by atoms with E-state index in [0.717, 1.165) is 4.90 Å². The Morgan fingerprint density at radius 2 is 1.73 bits per heavy atom. The number of aliphatic carboxylic acids is 2. The summed E-state index contributed by atoms with van der Waals surface area (Å²) < 4.78 is 0. The number of nitrogens with two attached hydrogens (primary N) is 2. The summed E-state index contributed by atoms with van der Waals surface area (Å²) in [5.74, 6) is -5.83. The van der Waals surface area contributed by atoms with Crippen molar-refractivity contribution in [3.05, 3.63) is 0 Å². The summed E-state index contributed by atoms with van der Waals surface area (Å²) in [4.78, 5) is 73.0. The molecule has 1 rings (SSSR count). The standard InChI is InChI=1S/C20H33N5O8/c1-3-10(2)16(22)18(30)24-12(9-15(27)28)19(31)25-8-4-5-13(25)17(29)23-11(20(32)33)6-7-14(21)26/h10-13,16H,3-9,22H2,1-2H3,(H2,21,26)(H,23,29)(H,24,30)(H,27,28)(H,32,33). The van der Waals surface area contributed by atoms with Crippen molar-refractivity contribution >= 4 is 35.6 Å². The van der Waals surface area contributed by atoms with Gasteiger partial charge in [-0.1, -0.05) is 20.3 Å². The van der Waals surface area contributed by atoms with Crippen LogP contribution in [0.25, 0.3) is 0 Å². The van der Waals surface area contributed by atoms with Gasteiger partial charge in [0, 0.05) is 13.0 Å². The normalized spacial score (nSPS) is 19.1. The quantitative estimate of drug-likeness (QED) is 0.177. The summed E-state index contributed by atoms with van der Waals surface area (Å²) in [6.07, 6.45) is 0.0544. The van der Waals surface area contributed by atoms with Gasteiger partial charge in [0.05, 0.1) is 12.5 Å². The zero-order chi connectivity index (χ0) is 25.3. The molecule has 0 bridgehead atoms. The van der Waals surface area contributed by atoms with Crippen LogP contribution in [0.15, 0.2) is 0 Å². The average molecular weight is 472 g/mol. The van der Waals surface area contributed by atoms with E-state index in [1.54, 1.807) is 6.92 Å². The Hall–Kier alpha value is -3.22. The molecule has 1 aliphatic heterocycles. The molecule has 0 radical (unpaired) electrons. The topological polar surface area (TPSA) is 222 Å². The molecule has 13 heteroatoms. The van der Waals surface area contributed by atoms with Gasteiger partial charge in [-0.3, -0.25) is 24.0 Å². The van der Waals surface area contributed by atoms with E-state index in [1.165, 1.54) is 0 Å². The van der Waals surface area contributed by atoms with Crippen LogP contribution in [0.3, 0.4) is 0 Å². The van der Waals surface area contributed by atoms with E-state index in [1.807, 2.05) is 6.92 Å². The van der Waals surface area contributed by atoms with Gasteiger partial charge in [0.1, 0.15) is 18.1 Å². The van der Waals surface area contributed by atoms with Gasteiger partial charge >= 0.3 is 11.9 Å². The summed E-state index contributed by atoms with van der Waals surface area (Å²) in [7, 11) is 0. The minimum absolute atomic E-state index is 0.124. The number of likely N-dealkylation sites (tertiary alicyclic amines) is 1. The predicted molar refractivity (Wildman–Crippen MR) is 114 cm³/mol. The fourth-order valence-corrected chi connectivity index (χ4v) is 3.47. The van der Waals surface area contributed by atoms with Crippen LogP contribution in [0.2, 0.25) is 0 Å². The number of carbonyl (C=O) groups excluding carboxylic acids is 4. The van der Waals surface area contributed by atoms with Crippen molar-refractivity contribution in [1.82, 2.24) is 15.5 Å². The number of primary amides is 1. The lowest BCUT2D eigenvalue weighted by molar-refractivity contribution is -0.147. The SMILES string of the molecule is CCC(C)C(N)C(=O)NC(CC(=O)O)C(=O)N1CCCC1C(=O)NC(CCC(N)=O)C(=O)O. The first-order chi connectivity index (χ1) is 15.4.